The summed E-state index contributed by atoms with van der Waals surface area (Å²) in [6, 6.07) is 8.20. The Labute approximate surface area is 123 Å². The highest BCUT2D eigenvalue weighted by atomic mass is 19.1. The normalized spacial score (nSPS) is 10.5. The van der Waals surface area contributed by atoms with E-state index in [0.29, 0.717) is 18.2 Å². The van der Waals surface area contributed by atoms with Gasteiger partial charge in [-0.3, -0.25) is 0 Å². The highest BCUT2D eigenvalue weighted by Crippen LogP contribution is 2.24. The van der Waals surface area contributed by atoms with Gasteiger partial charge in [-0.1, -0.05) is 6.07 Å². The predicted octanol–water partition coefficient (Wildman–Crippen LogP) is 2.96. The second-order valence-electron chi connectivity index (χ2n) is 4.53. The number of aromatic nitrogens is 2. The fraction of sp³-hybridized carbons (Fsp3) is 0.333. The van der Waals surface area contributed by atoms with Gasteiger partial charge in [0.25, 0.3) is 0 Å². The molecule has 2 aromatic rings. The summed E-state index contributed by atoms with van der Waals surface area (Å²) in [6.07, 6.45) is 0. The van der Waals surface area contributed by atoms with Crippen LogP contribution in [0.1, 0.15) is 12.7 Å². The van der Waals surface area contributed by atoms with Crippen LogP contribution in [-0.2, 0) is 11.3 Å². The standard InChI is InChI=1S/C15H19FN4O/c1-4-17-13-9-15(19-14(18-13)10-21-3)20(2)12-7-5-6-11(16)8-12/h5-9H,4,10H2,1-3H3,(H,17,18,19). The minimum Gasteiger partial charge on any atom is -0.377 e. The largest absolute Gasteiger partial charge is 0.377 e. The van der Waals surface area contributed by atoms with Crippen molar-refractivity contribution in [2.75, 3.05) is 30.9 Å². The van der Waals surface area contributed by atoms with Crippen LogP contribution in [0.3, 0.4) is 0 Å². The van der Waals surface area contributed by atoms with Crippen LogP contribution in [0.25, 0.3) is 0 Å². The zero-order valence-electron chi connectivity index (χ0n) is 12.4. The van der Waals surface area contributed by atoms with Gasteiger partial charge in [0.2, 0.25) is 0 Å². The third-order valence-corrected chi connectivity index (χ3v) is 2.93. The molecular weight excluding hydrogens is 271 g/mol. The Morgan fingerprint density at radius 2 is 2.10 bits per heavy atom. The molecule has 0 fully saturated rings. The van der Waals surface area contributed by atoms with Crippen molar-refractivity contribution in [1.82, 2.24) is 9.97 Å². The van der Waals surface area contributed by atoms with Gasteiger partial charge in [0.05, 0.1) is 0 Å². The predicted molar refractivity (Wildman–Crippen MR) is 81.4 cm³/mol. The summed E-state index contributed by atoms with van der Waals surface area (Å²) in [6.45, 7) is 3.07. The molecule has 0 atom stereocenters. The summed E-state index contributed by atoms with van der Waals surface area (Å²) in [5.74, 6) is 1.70. The highest BCUT2D eigenvalue weighted by Gasteiger charge is 2.10. The topological polar surface area (TPSA) is 50.3 Å². The Balaban J connectivity index is 2.36. The number of hydrogen-bond donors (Lipinski definition) is 1. The number of methoxy groups -OCH3 is 1. The summed E-state index contributed by atoms with van der Waals surface area (Å²) in [7, 11) is 3.43. The molecule has 5 nitrogen and oxygen atoms in total. The van der Waals surface area contributed by atoms with E-state index in [0.717, 1.165) is 18.1 Å². The van der Waals surface area contributed by atoms with Gasteiger partial charge in [-0.2, -0.15) is 0 Å². The van der Waals surface area contributed by atoms with Crippen molar-refractivity contribution in [1.29, 1.82) is 0 Å². The van der Waals surface area contributed by atoms with Gasteiger partial charge < -0.3 is 15.0 Å². The number of halogens is 1. The van der Waals surface area contributed by atoms with Crippen molar-refractivity contribution in [3.8, 4) is 0 Å². The van der Waals surface area contributed by atoms with Crippen molar-refractivity contribution >= 4 is 17.3 Å². The van der Waals surface area contributed by atoms with E-state index in [9.17, 15) is 4.39 Å². The lowest BCUT2D eigenvalue weighted by Crippen LogP contribution is -2.14. The number of ether oxygens (including phenoxy) is 1. The number of nitrogens with one attached hydrogen (secondary N) is 1. The summed E-state index contributed by atoms with van der Waals surface area (Å²) in [5.41, 5.74) is 0.722. The van der Waals surface area contributed by atoms with Crippen LogP contribution in [0.15, 0.2) is 30.3 Å². The molecule has 6 heteroatoms. The molecular formula is C15H19FN4O. The molecule has 0 aliphatic rings. The molecule has 0 aliphatic heterocycles. The molecule has 1 N–H and O–H groups in total. The van der Waals surface area contributed by atoms with E-state index in [-0.39, 0.29) is 5.82 Å². The molecule has 2 rings (SSSR count). The molecule has 0 saturated carbocycles. The minimum absolute atomic E-state index is 0.280. The van der Waals surface area contributed by atoms with Gasteiger partial charge in [-0.25, -0.2) is 14.4 Å². The Kier molecular flexibility index (Phi) is 5.05. The van der Waals surface area contributed by atoms with Gasteiger partial charge in [-0.15, -0.1) is 0 Å². The monoisotopic (exact) mass is 290 g/mol. The molecule has 21 heavy (non-hydrogen) atoms. The first kappa shape index (κ1) is 15.2. The quantitative estimate of drug-likeness (QED) is 0.886. The van der Waals surface area contributed by atoms with Gasteiger partial charge in [0.1, 0.15) is 24.1 Å². The van der Waals surface area contributed by atoms with Crippen LogP contribution in [0.4, 0.5) is 21.7 Å². The molecule has 112 valence electrons. The molecule has 1 heterocycles. The molecule has 0 amide bonds. The Morgan fingerprint density at radius 3 is 2.76 bits per heavy atom. The van der Waals surface area contributed by atoms with Crippen molar-refractivity contribution in [2.24, 2.45) is 0 Å². The lowest BCUT2D eigenvalue weighted by atomic mass is 10.3. The maximum absolute atomic E-state index is 13.4. The SMILES string of the molecule is CCNc1cc(N(C)c2cccc(F)c2)nc(COC)n1. The molecule has 0 spiro atoms. The van der Waals surface area contributed by atoms with Crippen molar-refractivity contribution in [3.63, 3.8) is 0 Å². The number of hydrogen-bond acceptors (Lipinski definition) is 5. The first-order valence-electron chi connectivity index (χ1n) is 6.74. The molecule has 1 aromatic carbocycles. The van der Waals surface area contributed by atoms with Gasteiger partial charge in [0, 0.05) is 32.5 Å². The first-order valence-corrected chi connectivity index (χ1v) is 6.74. The van der Waals surface area contributed by atoms with E-state index >= 15 is 0 Å². The van der Waals surface area contributed by atoms with E-state index < -0.39 is 0 Å². The zero-order chi connectivity index (χ0) is 15.2. The Morgan fingerprint density at radius 1 is 1.29 bits per heavy atom. The average Bonchev–Trinajstić information content (AvgIpc) is 2.47. The summed E-state index contributed by atoms with van der Waals surface area (Å²) in [5, 5.41) is 3.16. The van der Waals surface area contributed by atoms with Crippen LogP contribution in [0.2, 0.25) is 0 Å². The number of anilines is 3. The summed E-state index contributed by atoms with van der Waals surface area (Å²) < 4.78 is 18.4. The Hall–Kier alpha value is -2.21. The number of nitrogens with zero attached hydrogens (tertiary/aromatic N) is 3. The lowest BCUT2D eigenvalue weighted by molar-refractivity contribution is 0.178. The van der Waals surface area contributed by atoms with E-state index in [2.05, 4.69) is 15.3 Å². The van der Waals surface area contributed by atoms with Gasteiger partial charge >= 0.3 is 0 Å². The average molecular weight is 290 g/mol. The van der Waals surface area contributed by atoms with Crippen LogP contribution in [0, 0.1) is 5.82 Å². The zero-order valence-corrected chi connectivity index (χ0v) is 12.4. The number of benzene rings is 1. The maximum atomic E-state index is 13.4. The Bertz CT molecular complexity index is 582. The van der Waals surface area contributed by atoms with Gasteiger partial charge in [-0.05, 0) is 25.1 Å². The van der Waals surface area contributed by atoms with Crippen LogP contribution in [-0.4, -0.2) is 30.7 Å². The van der Waals surface area contributed by atoms with Crippen molar-refractivity contribution < 1.29 is 9.13 Å². The minimum atomic E-state index is -0.280. The molecule has 0 aliphatic carbocycles. The maximum Gasteiger partial charge on any atom is 0.158 e. The lowest BCUT2D eigenvalue weighted by Gasteiger charge is -2.20. The molecule has 1 aromatic heterocycles. The van der Waals surface area contributed by atoms with E-state index in [1.54, 1.807) is 13.2 Å². The summed E-state index contributed by atoms with van der Waals surface area (Å²) in [4.78, 5) is 10.6. The highest BCUT2D eigenvalue weighted by molar-refractivity contribution is 5.61. The fourth-order valence-electron chi connectivity index (χ4n) is 1.94. The van der Waals surface area contributed by atoms with E-state index in [1.165, 1.54) is 12.1 Å². The molecule has 0 saturated heterocycles. The van der Waals surface area contributed by atoms with Crippen LogP contribution < -0.4 is 10.2 Å². The molecule has 0 unspecified atom stereocenters. The second-order valence-corrected chi connectivity index (χ2v) is 4.53. The molecule has 0 radical (unpaired) electrons. The third-order valence-electron chi connectivity index (χ3n) is 2.93. The van der Waals surface area contributed by atoms with Gasteiger partial charge in [0.15, 0.2) is 5.82 Å². The van der Waals surface area contributed by atoms with Crippen LogP contribution >= 0.6 is 0 Å². The smallest absolute Gasteiger partial charge is 0.158 e. The first-order chi connectivity index (χ1) is 10.1. The molecule has 0 bridgehead atoms. The third kappa shape index (κ3) is 3.88. The van der Waals surface area contributed by atoms with Crippen molar-refractivity contribution in [3.05, 3.63) is 42.0 Å². The van der Waals surface area contributed by atoms with E-state index in [1.807, 2.05) is 31.0 Å². The fourth-order valence-corrected chi connectivity index (χ4v) is 1.94. The van der Waals surface area contributed by atoms with Crippen molar-refractivity contribution in [2.45, 2.75) is 13.5 Å². The summed E-state index contributed by atoms with van der Waals surface area (Å²) >= 11 is 0. The second kappa shape index (κ2) is 6.99. The van der Waals surface area contributed by atoms with Crippen LogP contribution in [0.5, 0.6) is 0 Å². The number of rotatable bonds is 6. The van der Waals surface area contributed by atoms with E-state index in [4.69, 9.17) is 4.74 Å².